The van der Waals surface area contributed by atoms with Gasteiger partial charge < -0.3 is 19.3 Å². The van der Waals surface area contributed by atoms with Crippen molar-refractivity contribution in [3.8, 4) is 5.75 Å². The molecule has 1 aromatic carbocycles. The van der Waals surface area contributed by atoms with Crippen LogP contribution in [0, 0.1) is 5.92 Å². The zero-order chi connectivity index (χ0) is 24.3. The van der Waals surface area contributed by atoms with Gasteiger partial charge in [0.1, 0.15) is 17.9 Å². The van der Waals surface area contributed by atoms with Gasteiger partial charge in [0.2, 0.25) is 16.5 Å². The van der Waals surface area contributed by atoms with Crippen molar-refractivity contribution in [2.75, 3.05) is 17.5 Å². The number of hydrogen-bond acceptors (Lipinski definition) is 8. The highest BCUT2D eigenvalue weighted by molar-refractivity contribution is 7.74. The Morgan fingerprint density at radius 1 is 1.09 bits per heavy atom. The third kappa shape index (κ3) is 7.40. The smallest absolute Gasteiger partial charge is 0.347 e. The van der Waals surface area contributed by atoms with E-state index in [0.29, 0.717) is 12.5 Å². The standard InChI is InChI=1S/C21H29NO9S/c1-20(2,3)30-17(23)11-22(32(27)28)15-9-8-14(10-16(15)29-12-13-6-7-13)18(24)31-21(4,5)19(25)26/h8-10,13,32H,6-7,11-12H2,1-5H3,(H,25,26). The van der Waals surface area contributed by atoms with Gasteiger partial charge in [0.25, 0.3) is 0 Å². The van der Waals surface area contributed by atoms with E-state index in [-0.39, 0.29) is 17.0 Å². The Balaban J connectivity index is 2.35. The number of hydrogen-bond donors (Lipinski definition) is 2. The van der Waals surface area contributed by atoms with Crippen molar-refractivity contribution in [1.29, 1.82) is 0 Å². The zero-order valence-corrected chi connectivity index (χ0v) is 19.6. The molecule has 0 amide bonds. The molecule has 10 nitrogen and oxygen atoms in total. The van der Waals surface area contributed by atoms with E-state index in [1.165, 1.54) is 32.0 Å². The maximum Gasteiger partial charge on any atom is 0.347 e. The average molecular weight is 472 g/mol. The zero-order valence-electron chi connectivity index (χ0n) is 18.7. The van der Waals surface area contributed by atoms with E-state index in [1.54, 1.807) is 20.8 Å². The molecule has 0 atom stereocenters. The molecule has 0 spiro atoms. The summed E-state index contributed by atoms with van der Waals surface area (Å²) in [5, 5.41) is 9.17. The quantitative estimate of drug-likeness (QED) is 0.388. The number of thiol groups is 1. The predicted octanol–water partition coefficient (Wildman–Crippen LogP) is 2.17. The fraction of sp³-hybridized carbons (Fsp3) is 0.571. The number of aliphatic carboxylic acids is 1. The van der Waals surface area contributed by atoms with Crippen molar-refractivity contribution < 1.29 is 42.1 Å². The van der Waals surface area contributed by atoms with Crippen LogP contribution in [0.5, 0.6) is 5.75 Å². The predicted molar refractivity (Wildman–Crippen MR) is 115 cm³/mol. The van der Waals surface area contributed by atoms with Crippen LogP contribution in [0.1, 0.15) is 57.8 Å². The van der Waals surface area contributed by atoms with Gasteiger partial charge in [0, 0.05) is 0 Å². The Morgan fingerprint density at radius 3 is 2.22 bits per heavy atom. The monoisotopic (exact) mass is 471 g/mol. The lowest BCUT2D eigenvalue weighted by Crippen LogP contribution is -2.37. The molecular weight excluding hydrogens is 442 g/mol. The molecular formula is C21H29NO9S. The van der Waals surface area contributed by atoms with Crippen molar-refractivity contribution in [2.45, 2.75) is 58.7 Å². The minimum absolute atomic E-state index is 0.0211. The van der Waals surface area contributed by atoms with Crippen LogP contribution in [0.25, 0.3) is 0 Å². The second kappa shape index (κ2) is 9.76. The number of carbonyl (C=O) groups is 3. The minimum Gasteiger partial charge on any atom is -0.491 e. The van der Waals surface area contributed by atoms with Crippen molar-refractivity contribution in [2.24, 2.45) is 5.92 Å². The molecule has 0 radical (unpaired) electrons. The maximum atomic E-state index is 12.5. The lowest BCUT2D eigenvalue weighted by atomic mass is 10.1. The van der Waals surface area contributed by atoms with Gasteiger partial charge in [0.05, 0.1) is 17.9 Å². The summed E-state index contributed by atoms with van der Waals surface area (Å²) >= 11 is 0. The van der Waals surface area contributed by atoms with E-state index in [4.69, 9.17) is 19.3 Å². The van der Waals surface area contributed by atoms with Gasteiger partial charge in [-0.1, -0.05) is 0 Å². The van der Waals surface area contributed by atoms with Gasteiger partial charge in [0.15, 0.2) is 0 Å². The molecule has 1 N–H and O–H groups in total. The summed E-state index contributed by atoms with van der Waals surface area (Å²) < 4.78 is 40.7. The highest BCUT2D eigenvalue weighted by Crippen LogP contribution is 2.34. The molecule has 0 heterocycles. The van der Waals surface area contributed by atoms with Crippen molar-refractivity contribution in [1.82, 2.24) is 0 Å². The lowest BCUT2D eigenvalue weighted by molar-refractivity contribution is -0.155. The number of carboxylic acid groups (broad SMARTS) is 1. The molecule has 11 heteroatoms. The molecule has 1 aliphatic carbocycles. The highest BCUT2D eigenvalue weighted by Gasteiger charge is 2.33. The molecule has 0 aliphatic heterocycles. The molecule has 0 aromatic heterocycles. The molecule has 1 saturated carbocycles. The Morgan fingerprint density at radius 2 is 1.72 bits per heavy atom. The third-order valence-electron chi connectivity index (χ3n) is 4.40. The van der Waals surface area contributed by atoms with Gasteiger partial charge in [-0.15, -0.1) is 0 Å². The molecule has 0 saturated heterocycles. The normalized spacial score (nSPS) is 14.1. The van der Waals surface area contributed by atoms with Crippen LogP contribution in [0.3, 0.4) is 0 Å². The number of rotatable bonds is 10. The molecule has 32 heavy (non-hydrogen) atoms. The number of benzene rings is 1. The second-order valence-corrected chi connectivity index (χ2v) is 9.98. The Hall–Kier alpha value is -2.82. The van der Waals surface area contributed by atoms with Gasteiger partial charge in [-0.25, -0.2) is 18.0 Å². The average Bonchev–Trinajstić information content (AvgIpc) is 3.46. The van der Waals surface area contributed by atoms with Crippen LogP contribution in [0.15, 0.2) is 18.2 Å². The summed E-state index contributed by atoms with van der Waals surface area (Å²) in [7, 11) is -3.24. The Bertz CT molecular complexity index is 951. The first kappa shape index (κ1) is 25.4. The summed E-state index contributed by atoms with van der Waals surface area (Å²) in [6.07, 6.45) is 1.95. The van der Waals surface area contributed by atoms with Gasteiger partial charge in [-0.05, 0) is 71.6 Å². The van der Waals surface area contributed by atoms with Gasteiger partial charge >= 0.3 is 17.9 Å². The second-order valence-electron chi connectivity index (χ2n) is 9.02. The van der Waals surface area contributed by atoms with Crippen LogP contribution >= 0.6 is 0 Å². The van der Waals surface area contributed by atoms with Crippen LogP contribution in [-0.2, 0) is 30.0 Å². The fourth-order valence-electron chi connectivity index (χ4n) is 2.52. The summed E-state index contributed by atoms with van der Waals surface area (Å²) in [6, 6.07) is 3.86. The number of carbonyl (C=O) groups excluding carboxylic acids is 2. The summed E-state index contributed by atoms with van der Waals surface area (Å²) in [6.45, 7) is 7.18. The SMILES string of the molecule is CC(C)(C)OC(=O)CN(c1ccc(C(=O)OC(C)(C)C(=O)O)cc1OCC1CC1)[SH](=O)=O. The number of esters is 2. The van der Waals surface area contributed by atoms with Crippen molar-refractivity contribution in [3.63, 3.8) is 0 Å². The van der Waals surface area contributed by atoms with Crippen LogP contribution in [0.2, 0.25) is 0 Å². The molecule has 1 aliphatic rings. The Kier molecular flexibility index (Phi) is 7.76. The van der Waals surface area contributed by atoms with E-state index in [1.807, 2.05) is 0 Å². The summed E-state index contributed by atoms with van der Waals surface area (Å²) in [5.74, 6) is -2.60. The van der Waals surface area contributed by atoms with E-state index < -0.39 is 46.5 Å². The summed E-state index contributed by atoms with van der Waals surface area (Å²) in [4.78, 5) is 35.9. The van der Waals surface area contributed by atoms with E-state index in [0.717, 1.165) is 17.1 Å². The highest BCUT2D eigenvalue weighted by atomic mass is 32.2. The number of ether oxygens (including phenoxy) is 3. The first-order chi connectivity index (χ1) is 14.7. The van der Waals surface area contributed by atoms with Crippen molar-refractivity contribution in [3.05, 3.63) is 23.8 Å². The van der Waals surface area contributed by atoms with Crippen LogP contribution < -0.4 is 9.04 Å². The third-order valence-corrected chi connectivity index (χ3v) is 5.16. The van der Waals surface area contributed by atoms with Gasteiger partial charge in [-0.2, -0.15) is 0 Å². The molecule has 0 bridgehead atoms. The first-order valence-corrected chi connectivity index (χ1v) is 11.2. The van der Waals surface area contributed by atoms with E-state index >= 15 is 0 Å². The van der Waals surface area contributed by atoms with Gasteiger partial charge in [-0.3, -0.25) is 9.10 Å². The van der Waals surface area contributed by atoms with Crippen molar-refractivity contribution >= 4 is 34.5 Å². The molecule has 0 unspecified atom stereocenters. The Labute approximate surface area is 188 Å². The minimum atomic E-state index is -3.24. The maximum absolute atomic E-state index is 12.5. The molecule has 2 rings (SSSR count). The molecule has 1 aromatic rings. The number of anilines is 1. The molecule has 1 fully saturated rings. The van der Waals surface area contributed by atoms with E-state index in [9.17, 15) is 22.8 Å². The van der Waals surface area contributed by atoms with Crippen LogP contribution in [-0.4, -0.2) is 55.8 Å². The molecule has 178 valence electrons. The lowest BCUT2D eigenvalue weighted by Gasteiger charge is -2.24. The van der Waals surface area contributed by atoms with E-state index in [2.05, 4.69) is 0 Å². The largest absolute Gasteiger partial charge is 0.491 e. The number of carboxylic acids is 1. The number of nitrogens with zero attached hydrogens (tertiary/aromatic N) is 1. The summed E-state index contributed by atoms with van der Waals surface area (Å²) in [5.41, 5.74) is -2.52. The topological polar surface area (TPSA) is 137 Å². The first-order valence-electron chi connectivity index (χ1n) is 10.1. The van der Waals surface area contributed by atoms with Crippen LogP contribution in [0.4, 0.5) is 5.69 Å². The fourth-order valence-corrected chi connectivity index (χ4v) is 3.10.